The number of anilines is 1. The first kappa shape index (κ1) is 20.8. The molecule has 0 saturated carbocycles. The third kappa shape index (κ3) is 4.43. The molecule has 1 N–H and O–H groups in total. The molecule has 4 aromatic rings. The van der Waals surface area contributed by atoms with Crippen molar-refractivity contribution in [3.05, 3.63) is 65.3 Å². The summed E-state index contributed by atoms with van der Waals surface area (Å²) >= 11 is 1.68. The zero-order valence-corrected chi connectivity index (χ0v) is 18.8. The van der Waals surface area contributed by atoms with Crippen molar-refractivity contribution in [2.45, 2.75) is 20.0 Å². The van der Waals surface area contributed by atoms with E-state index in [4.69, 9.17) is 4.74 Å². The number of morpholine rings is 1. The Hall–Kier alpha value is -3.07. The number of aromatic nitrogens is 3. The number of carbonyl (C=O) groups is 1. The van der Waals surface area contributed by atoms with Crippen molar-refractivity contribution >= 4 is 34.0 Å². The highest BCUT2D eigenvalue weighted by atomic mass is 32.1. The summed E-state index contributed by atoms with van der Waals surface area (Å²) in [6.07, 6.45) is 1.78. The lowest BCUT2D eigenvalue weighted by atomic mass is 10.1. The van der Waals surface area contributed by atoms with Gasteiger partial charge in [-0.05, 0) is 42.1 Å². The number of nitrogens with zero attached hydrogens (tertiary/aromatic N) is 4. The highest BCUT2D eigenvalue weighted by molar-refractivity contribution is 7.13. The largest absolute Gasteiger partial charge is 0.379 e. The third-order valence-corrected chi connectivity index (χ3v) is 6.51. The zero-order valence-electron chi connectivity index (χ0n) is 18.0. The molecule has 4 heterocycles. The topological polar surface area (TPSA) is 72.3 Å². The second-order valence-electron chi connectivity index (χ2n) is 7.91. The summed E-state index contributed by atoms with van der Waals surface area (Å²) in [6.45, 7) is 6.34. The van der Waals surface area contributed by atoms with Crippen LogP contribution in [0.5, 0.6) is 0 Å². The molecule has 1 aliphatic heterocycles. The van der Waals surface area contributed by atoms with Crippen LogP contribution in [0.15, 0.2) is 54.0 Å². The van der Waals surface area contributed by atoms with Gasteiger partial charge in [0, 0.05) is 42.0 Å². The number of carbonyl (C=O) groups excluding carboxylic acids is 1. The molecule has 0 radical (unpaired) electrons. The molecule has 8 heteroatoms. The number of thiophene rings is 1. The Morgan fingerprint density at radius 1 is 1.19 bits per heavy atom. The molecule has 0 spiro atoms. The van der Waals surface area contributed by atoms with Crippen molar-refractivity contribution in [2.75, 3.05) is 31.6 Å². The van der Waals surface area contributed by atoms with Gasteiger partial charge in [-0.3, -0.25) is 9.69 Å². The first-order valence-corrected chi connectivity index (χ1v) is 11.6. The summed E-state index contributed by atoms with van der Waals surface area (Å²) in [7, 11) is 0. The lowest BCUT2D eigenvalue weighted by Gasteiger charge is -2.26. The molecule has 0 bridgehead atoms. The number of amides is 1. The fourth-order valence-corrected chi connectivity index (χ4v) is 4.89. The summed E-state index contributed by atoms with van der Waals surface area (Å²) < 4.78 is 7.11. The van der Waals surface area contributed by atoms with Gasteiger partial charge in [0.1, 0.15) is 6.54 Å². The van der Waals surface area contributed by atoms with E-state index in [1.807, 2.05) is 37.3 Å². The molecular weight excluding hydrogens is 422 g/mol. The van der Waals surface area contributed by atoms with E-state index in [2.05, 4.69) is 37.8 Å². The van der Waals surface area contributed by atoms with E-state index in [1.165, 1.54) is 10.4 Å². The molecule has 164 valence electrons. The van der Waals surface area contributed by atoms with Gasteiger partial charge in [0.25, 0.3) is 0 Å². The zero-order chi connectivity index (χ0) is 21.9. The highest BCUT2D eigenvalue weighted by Crippen LogP contribution is 2.32. The Morgan fingerprint density at radius 3 is 2.88 bits per heavy atom. The number of aryl methyl sites for hydroxylation is 1. The molecule has 1 aromatic carbocycles. The van der Waals surface area contributed by atoms with Gasteiger partial charge in [0.05, 0.1) is 24.3 Å². The summed E-state index contributed by atoms with van der Waals surface area (Å²) in [5.74, 6) is -0.124. The van der Waals surface area contributed by atoms with Crippen LogP contribution in [-0.2, 0) is 22.6 Å². The maximum Gasteiger partial charge on any atom is 0.246 e. The molecule has 1 fully saturated rings. The molecule has 1 aliphatic rings. The average molecular weight is 448 g/mol. The Bertz CT molecular complexity index is 1230. The van der Waals surface area contributed by atoms with Crippen molar-refractivity contribution < 1.29 is 9.53 Å². The van der Waals surface area contributed by atoms with Crippen LogP contribution in [-0.4, -0.2) is 51.9 Å². The lowest BCUT2D eigenvalue weighted by molar-refractivity contribution is -0.116. The smallest absolute Gasteiger partial charge is 0.246 e. The first-order valence-electron chi connectivity index (χ1n) is 10.7. The van der Waals surface area contributed by atoms with Gasteiger partial charge in [-0.15, -0.1) is 11.3 Å². The van der Waals surface area contributed by atoms with Gasteiger partial charge in [-0.25, -0.2) is 9.67 Å². The van der Waals surface area contributed by atoms with Crippen LogP contribution < -0.4 is 5.32 Å². The summed E-state index contributed by atoms with van der Waals surface area (Å²) in [5.41, 5.74) is 4.67. The normalized spacial score (nSPS) is 14.7. The van der Waals surface area contributed by atoms with Crippen LogP contribution in [0.4, 0.5) is 5.69 Å². The molecule has 32 heavy (non-hydrogen) atoms. The van der Waals surface area contributed by atoms with Crippen LogP contribution >= 0.6 is 11.3 Å². The van der Waals surface area contributed by atoms with E-state index in [0.29, 0.717) is 0 Å². The number of ether oxygens (including phenoxy) is 1. The van der Waals surface area contributed by atoms with Crippen LogP contribution in [0.1, 0.15) is 11.3 Å². The van der Waals surface area contributed by atoms with Crippen molar-refractivity contribution in [1.29, 1.82) is 0 Å². The maximum absolute atomic E-state index is 12.8. The number of rotatable bonds is 6. The Labute approximate surface area is 190 Å². The van der Waals surface area contributed by atoms with Gasteiger partial charge in [-0.2, -0.15) is 5.10 Å². The molecule has 7 nitrogen and oxygen atoms in total. The van der Waals surface area contributed by atoms with Crippen LogP contribution in [0, 0.1) is 6.92 Å². The monoisotopic (exact) mass is 447 g/mol. The van der Waals surface area contributed by atoms with Crippen LogP contribution in [0.3, 0.4) is 0 Å². The second kappa shape index (κ2) is 9.20. The average Bonchev–Trinajstić information content (AvgIpc) is 3.44. The van der Waals surface area contributed by atoms with E-state index >= 15 is 0 Å². The van der Waals surface area contributed by atoms with Crippen LogP contribution in [0.2, 0.25) is 0 Å². The number of hydrogen-bond acceptors (Lipinski definition) is 6. The highest BCUT2D eigenvalue weighted by Gasteiger charge is 2.17. The second-order valence-corrected chi connectivity index (χ2v) is 8.86. The van der Waals surface area contributed by atoms with Crippen molar-refractivity contribution in [3.8, 4) is 10.4 Å². The van der Waals surface area contributed by atoms with E-state index in [0.717, 1.165) is 60.8 Å². The predicted octanol–water partition coefficient (Wildman–Crippen LogP) is 3.94. The van der Waals surface area contributed by atoms with E-state index in [1.54, 1.807) is 22.2 Å². The molecule has 1 saturated heterocycles. The van der Waals surface area contributed by atoms with Gasteiger partial charge in [0.15, 0.2) is 5.65 Å². The van der Waals surface area contributed by atoms with Gasteiger partial charge >= 0.3 is 0 Å². The molecule has 0 aliphatic carbocycles. The first-order chi connectivity index (χ1) is 15.7. The molecular formula is C24H25N5O2S. The number of benzene rings is 1. The Morgan fingerprint density at radius 2 is 2.06 bits per heavy atom. The Kier molecular flexibility index (Phi) is 5.98. The molecule has 1 amide bonds. The number of hydrogen-bond donors (Lipinski definition) is 1. The molecule has 5 rings (SSSR count). The summed E-state index contributed by atoms with van der Waals surface area (Å²) in [4.78, 5) is 20.9. The minimum atomic E-state index is -0.124. The van der Waals surface area contributed by atoms with Gasteiger partial charge < -0.3 is 10.1 Å². The van der Waals surface area contributed by atoms with Gasteiger partial charge in [-0.1, -0.05) is 18.2 Å². The standard InChI is InChI=1S/C24H25N5O2S/c1-17-23-20(21-6-3-13-32-21)7-8-25-24(23)29(27-17)16-22(30)26-19-5-2-4-18(14-19)15-28-9-11-31-12-10-28/h2-8,13-14H,9-12,15-16H2,1H3,(H,26,30). The number of pyridine rings is 1. The minimum absolute atomic E-state index is 0.110. The summed E-state index contributed by atoms with van der Waals surface area (Å²) in [6, 6.07) is 14.2. The minimum Gasteiger partial charge on any atom is -0.379 e. The van der Waals surface area contributed by atoms with Gasteiger partial charge in [0.2, 0.25) is 5.91 Å². The summed E-state index contributed by atoms with van der Waals surface area (Å²) in [5, 5.41) is 10.7. The lowest BCUT2D eigenvalue weighted by Crippen LogP contribution is -2.35. The van der Waals surface area contributed by atoms with E-state index in [-0.39, 0.29) is 12.5 Å². The molecule has 0 unspecified atom stereocenters. The fraction of sp³-hybridized carbons (Fsp3) is 0.292. The molecule has 0 atom stereocenters. The van der Waals surface area contributed by atoms with Crippen molar-refractivity contribution in [2.24, 2.45) is 0 Å². The maximum atomic E-state index is 12.8. The SMILES string of the molecule is Cc1nn(CC(=O)Nc2cccc(CN3CCOCC3)c2)c2nccc(-c3cccs3)c12. The van der Waals surface area contributed by atoms with E-state index in [9.17, 15) is 4.79 Å². The number of nitrogens with one attached hydrogen (secondary N) is 1. The van der Waals surface area contributed by atoms with Crippen LogP contribution in [0.25, 0.3) is 21.5 Å². The quantitative estimate of drug-likeness (QED) is 0.485. The number of fused-ring (bicyclic) bond motifs is 1. The predicted molar refractivity (Wildman–Crippen MR) is 127 cm³/mol. The van der Waals surface area contributed by atoms with Crippen molar-refractivity contribution in [3.63, 3.8) is 0 Å². The fourth-order valence-electron chi connectivity index (χ4n) is 4.13. The Balaban J connectivity index is 1.31. The third-order valence-electron chi connectivity index (χ3n) is 5.61. The molecule has 3 aromatic heterocycles. The van der Waals surface area contributed by atoms with E-state index < -0.39 is 0 Å². The van der Waals surface area contributed by atoms with Crippen molar-refractivity contribution in [1.82, 2.24) is 19.7 Å².